The predicted octanol–water partition coefficient (Wildman–Crippen LogP) is 1.41. The van der Waals surface area contributed by atoms with Crippen molar-refractivity contribution in [1.29, 1.82) is 0 Å². The van der Waals surface area contributed by atoms with Gasteiger partial charge in [-0.15, -0.1) is 0 Å². The number of nitrogens with zero attached hydrogens (tertiary/aromatic N) is 3. The number of anilines is 1. The van der Waals surface area contributed by atoms with Gasteiger partial charge in [0.15, 0.2) is 0 Å². The Morgan fingerprint density at radius 2 is 1.74 bits per heavy atom. The first-order valence-corrected chi connectivity index (χ1v) is 6.08. The fourth-order valence-corrected chi connectivity index (χ4v) is 1.75. The first-order chi connectivity index (χ1) is 8.95. The van der Waals surface area contributed by atoms with Gasteiger partial charge in [-0.05, 0) is 33.3 Å². The van der Waals surface area contributed by atoms with Crippen molar-refractivity contribution >= 4 is 5.95 Å². The molecule has 100 valence electrons. The third-order valence-corrected chi connectivity index (χ3v) is 2.97. The van der Waals surface area contributed by atoms with E-state index in [4.69, 9.17) is 0 Å². The van der Waals surface area contributed by atoms with Crippen LogP contribution in [0.5, 0.6) is 0 Å². The van der Waals surface area contributed by atoms with Gasteiger partial charge in [-0.1, -0.05) is 0 Å². The van der Waals surface area contributed by atoms with Crippen LogP contribution in [0.2, 0.25) is 0 Å². The minimum absolute atomic E-state index is 0.151. The average molecular weight is 259 g/mol. The van der Waals surface area contributed by atoms with Gasteiger partial charge >= 0.3 is 0 Å². The number of aryl methyl sites for hydroxylation is 3. The standard InChI is InChI=1S/C13H17N5O/c1-7-8(2)15-13(16-9(7)3)14-6-11-5-12(19)18-10(4)17-11/h5H,6H2,1-4H3,(H,14,15,16)(H,17,18,19). The van der Waals surface area contributed by atoms with Crippen molar-refractivity contribution in [2.75, 3.05) is 5.32 Å². The lowest BCUT2D eigenvalue weighted by Crippen LogP contribution is -2.14. The summed E-state index contributed by atoms with van der Waals surface area (Å²) in [5, 5.41) is 3.09. The zero-order valence-electron chi connectivity index (χ0n) is 11.5. The molecule has 0 aliphatic rings. The van der Waals surface area contributed by atoms with E-state index in [1.54, 1.807) is 6.92 Å². The van der Waals surface area contributed by atoms with Crippen molar-refractivity contribution in [2.45, 2.75) is 34.2 Å². The lowest BCUT2D eigenvalue weighted by Gasteiger charge is -2.09. The van der Waals surface area contributed by atoms with Crippen LogP contribution < -0.4 is 10.9 Å². The maximum Gasteiger partial charge on any atom is 0.251 e. The van der Waals surface area contributed by atoms with E-state index in [1.807, 2.05) is 20.8 Å². The normalized spacial score (nSPS) is 10.5. The van der Waals surface area contributed by atoms with Crippen molar-refractivity contribution in [2.24, 2.45) is 0 Å². The van der Waals surface area contributed by atoms with Crippen LogP contribution in [-0.4, -0.2) is 19.9 Å². The van der Waals surface area contributed by atoms with Gasteiger partial charge in [-0.25, -0.2) is 15.0 Å². The fourth-order valence-electron chi connectivity index (χ4n) is 1.75. The molecule has 0 spiro atoms. The molecule has 0 amide bonds. The van der Waals surface area contributed by atoms with Gasteiger partial charge in [0.25, 0.3) is 5.56 Å². The smallest absolute Gasteiger partial charge is 0.251 e. The highest BCUT2D eigenvalue weighted by atomic mass is 16.1. The van der Waals surface area contributed by atoms with E-state index < -0.39 is 0 Å². The Morgan fingerprint density at radius 3 is 2.32 bits per heavy atom. The number of hydrogen-bond acceptors (Lipinski definition) is 5. The second-order valence-electron chi connectivity index (χ2n) is 4.52. The van der Waals surface area contributed by atoms with Gasteiger partial charge in [0.1, 0.15) is 5.82 Å². The molecule has 0 fully saturated rings. The summed E-state index contributed by atoms with van der Waals surface area (Å²) in [6.07, 6.45) is 0. The first-order valence-electron chi connectivity index (χ1n) is 6.08. The van der Waals surface area contributed by atoms with E-state index in [-0.39, 0.29) is 5.56 Å². The highest BCUT2D eigenvalue weighted by Gasteiger charge is 2.05. The summed E-state index contributed by atoms with van der Waals surface area (Å²) in [5.41, 5.74) is 3.51. The topological polar surface area (TPSA) is 83.6 Å². The molecule has 0 aliphatic heterocycles. The molecule has 19 heavy (non-hydrogen) atoms. The molecule has 0 bridgehead atoms. The Labute approximate surface area is 111 Å². The van der Waals surface area contributed by atoms with E-state index in [9.17, 15) is 4.79 Å². The summed E-state index contributed by atoms with van der Waals surface area (Å²) in [7, 11) is 0. The maximum atomic E-state index is 11.3. The molecular weight excluding hydrogens is 242 g/mol. The van der Waals surface area contributed by atoms with Gasteiger partial charge in [-0.2, -0.15) is 0 Å². The van der Waals surface area contributed by atoms with Crippen LogP contribution in [0, 0.1) is 27.7 Å². The highest BCUT2D eigenvalue weighted by molar-refractivity contribution is 5.33. The van der Waals surface area contributed by atoms with E-state index >= 15 is 0 Å². The molecule has 2 aromatic heterocycles. The first kappa shape index (κ1) is 13.2. The Hall–Kier alpha value is -2.24. The second kappa shape index (κ2) is 5.17. The van der Waals surface area contributed by atoms with Crippen LogP contribution in [0.1, 0.15) is 28.5 Å². The van der Waals surface area contributed by atoms with Gasteiger partial charge in [-0.3, -0.25) is 4.79 Å². The van der Waals surface area contributed by atoms with Crippen LogP contribution in [0.15, 0.2) is 10.9 Å². The molecule has 0 atom stereocenters. The fraction of sp³-hybridized carbons (Fsp3) is 0.385. The molecule has 0 saturated carbocycles. The summed E-state index contributed by atoms with van der Waals surface area (Å²) >= 11 is 0. The van der Waals surface area contributed by atoms with E-state index in [0.29, 0.717) is 24.0 Å². The Balaban J connectivity index is 2.16. The lowest BCUT2D eigenvalue weighted by atomic mass is 10.2. The number of hydrogen-bond donors (Lipinski definition) is 2. The molecule has 0 radical (unpaired) electrons. The van der Waals surface area contributed by atoms with E-state index in [1.165, 1.54) is 6.07 Å². The van der Waals surface area contributed by atoms with Crippen LogP contribution in [-0.2, 0) is 6.54 Å². The van der Waals surface area contributed by atoms with Crippen LogP contribution in [0.3, 0.4) is 0 Å². The summed E-state index contributed by atoms with van der Waals surface area (Å²) in [6, 6.07) is 1.47. The molecular formula is C13H17N5O. The second-order valence-corrected chi connectivity index (χ2v) is 4.52. The third-order valence-electron chi connectivity index (χ3n) is 2.97. The van der Waals surface area contributed by atoms with Crippen molar-refractivity contribution in [3.8, 4) is 0 Å². The SMILES string of the molecule is Cc1nc(CNc2nc(C)c(C)c(C)n2)cc(=O)[nH]1. The van der Waals surface area contributed by atoms with Crippen LogP contribution in [0.25, 0.3) is 0 Å². The Morgan fingerprint density at radius 1 is 1.11 bits per heavy atom. The van der Waals surface area contributed by atoms with Crippen molar-refractivity contribution < 1.29 is 0 Å². The Bertz CT molecular complexity index is 639. The van der Waals surface area contributed by atoms with Gasteiger partial charge in [0.05, 0.1) is 12.2 Å². The summed E-state index contributed by atoms with van der Waals surface area (Å²) in [5.74, 6) is 1.15. The van der Waals surface area contributed by atoms with Gasteiger partial charge in [0.2, 0.25) is 5.95 Å². The number of H-pyrrole nitrogens is 1. The quantitative estimate of drug-likeness (QED) is 0.870. The molecule has 0 aromatic carbocycles. The molecule has 2 aromatic rings. The zero-order valence-corrected chi connectivity index (χ0v) is 11.5. The van der Waals surface area contributed by atoms with Crippen LogP contribution in [0.4, 0.5) is 5.95 Å². The van der Waals surface area contributed by atoms with E-state index in [2.05, 4.69) is 25.3 Å². The van der Waals surface area contributed by atoms with Crippen LogP contribution >= 0.6 is 0 Å². The molecule has 0 unspecified atom stereocenters. The molecule has 6 heteroatoms. The molecule has 2 rings (SSSR count). The molecule has 6 nitrogen and oxygen atoms in total. The number of aromatic nitrogens is 4. The molecule has 0 saturated heterocycles. The number of aromatic amines is 1. The van der Waals surface area contributed by atoms with Gasteiger partial charge in [0, 0.05) is 17.5 Å². The number of rotatable bonds is 3. The molecule has 2 N–H and O–H groups in total. The van der Waals surface area contributed by atoms with Crippen molar-refractivity contribution in [3.63, 3.8) is 0 Å². The van der Waals surface area contributed by atoms with Gasteiger partial charge < -0.3 is 10.3 Å². The average Bonchev–Trinajstić information content (AvgIpc) is 2.32. The molecule has 0 aliphatic carbocycles. The zero-order chi connectivity index (χ0) is 14.0. The third kappa shape index (κ3) is 3.15. The largest absolute Gasteiger partial charge is 0.349 e. The van der Waals surface area contributed by atoms with Crippen molar-refractivity contribution in [1.82, 2.24) is 19.9 Å². The molecule has 2 heterocycles. The number of nitrogens with one attached hydrogen (secondary N) is 2. The monoisotopic (exact) mass is 259 g/mol. The summed E-state index contributed by atoms with van der Waals surface area (Å²) in [6.45, 7) is 8.07. The van der Waals surface area contributed by atoms with Crippen molar-refractivity contribution in [3.05, 3.63) is 44.9 Å². The Kier molecular flexibility index (Phi) is 3.59. The minimum Gasteiger partial charge on any atom is -0.349 e. The summed E-state index contributed by atoms with van der Waals surface area (Å²) < 4.78 is 0. The maximum absolute atomic E-state index is 11.3. The highest BCUT2D eigenvalue weighted by Crippen LogP contribution is 2.11. The summed E-state index contributed by atoms with van der Waals surface area (Å²) in [4.78, 5) is 26.9. The lowest BCUT2D eigenvalue weighted by molar-refractivity contribution is 0.913. The minimum atomic E-state index is -0.151. The predicted molar refractivity (Wildman–Crippen MR) is 73.2 cm³/mol. The van der Waals surface area contributed by atoms with E-state index in [0.717, 1.165) is 17.0 Å².